The molecule has 0 unspecified atom stereocenters. The van der Waals surface area contributed by atoms with Crippen LogP contribution in [0.25, 0.3) is 17.1 Å². The largest absolute Gasteiger partial charge is 0.497 e. The SMILES string of the molecule is COc1ccc(-c2nnc(S[C@H](C(=O)N(C)C)c3ccccc3)n2-c2ccc(C)cc2)cc1. The third kappa shape index (κ3) is 4.93. The molecule has 0 N–H and O–H groups in total. The molecular weight excluding hydrogens is 432 g/mol. The summed E-state index contributed by atoms with van der Waals surface area (Å²) in [5, 5.41) is 9.23. The standard InChI is InChI=1S/C26H26N4O2S/c1-18-10-14-21(15-11-18)30-24(20-12-16-22(32-4)17-13-20)27-28-26(30)33-23(25(31)29(2)3)19-8-6-5-7-9-19/h5-17,23H,1-4H3/t23-/m0/s1. The number of nitrogens with zero attached hydrogens (tertiary/aromatic N) is 4. The Labute approximate surface area is 198 Å². The van der Waals surface area contributed by atoms with Crippen molar-refractivity contribution in [2.24, 2.45) is 0 Å². The van der Waals surface area contributed by atoms with Crippen molar-refractivity contribution in [2.75, 3.05) is 21.2 Å². The normalized spacial score (nSPS) is 11.8. The van der Waals surface area contributed by atoms with E-state index >= 15 is 0 Å². The van der Waals surface area contributed by atoms with Crippen LogP contribution >= 0.6 is 11.8 Å². The highest BCUT2D eigenvalue weighted by Gasteiger charge is 2.27. The number of thioether (sulfide) groups is 1. The Morgan fingerprint density at radius 1 is 0.939 bits per heavy atom. The number of methoxy groups -OCH3 is 1. The number of rotatable bonds is 7. The summed E-state index contributed by atoms with van der Waals surface area (Å²) in [6.45, 7) is 2.05. The zero-order chi connectivity index (χ0) is 23.4. The van der Waals surface area contributed by atoms with Crippen LogP contribution in [-0.2, 0) is 4.79 Å². The second-order valence-corrected chi connectivity index (χ2v) is 8.92. The average molecular weight is 459 g/mol. The van der Waals surface area contributed by atoms with Crippen molar-refractivity contribution >= 4 is 17.7 Å². The lowest BCUT2D eigenvalue weighted by Gasteiger charge is -2.20. The van der Waals surface area contributed by atoms with Crippen LogP contribution < -0.4 is 4.74 Å². The fraction of sp³-hybridized carbons (Fsp3) is 0.192. The maximum Gasteiger partial charge on any atom is 0.240 e. The van der Waals surface area contributed by atoms with Crippen molar-refractivity contribution in [1.29, 1.82) is 0 Å². The number of likely N-dealkylation sites (N-methyl/N-ethyl adjacent to an activating group) is 1. The van der Waals surface area contributed by atoms with Crippen molar-refractivity contribution in [3.8, 4) is 22.8 Å². The molecule has 0 saturated carbocycles. The van der Waals surface area contributed by atoms with Crippen LogP contribution in [0.1, 0.15) is 16.4 Å². The van der Waals surface area contributed by atoms with Gasteiger partial charge in [-0.2, -0.15) is 0 Å². The van der Waals surface area contributed by atoms with Gasteiger partial charge in [0.05, 0.1) is 7.11 Å². The van der Waals surface area contributed by atoms with Gasteiger partial charge in [-0.05, 0) is 48.9 Å². The highest BCUT2D eigenvalue weighted by molar-refractivity contribution is 8.00. The number of aromatic nitrogens is 3. The predicted octanol–water partition coefficient (Wildman–Crippen LogP) is 5.17. The molecule has 0 spiro atoms. The first-order valence-corrected chi connectivity index (χ1v) is 11.5. The van der Waals surface area contributed by atoms with E-state index in [4.69, 9.17) is 4.74 Å². The molecule has 1 heterocycles. The topological polar surface area (TPSA) is 60.3 Å². The Morgan fingerprint density at radius 3 is 2.21 bits per heavy atom. The Hall–Kier alpha value is -3.58. The van der Waals surface area contributed by atoms with Crippen molar-refractivity contribution in [2.45, 2.75) is 17.3 Å². The molecule has 0 radical (unpaired) electrons. The highest BCUT2D eigenvalue weighted by Crippen LogP contribution is 2.38. The van der Waals surface area contributed by atoms with Crippen LogP contribution in [0.3, 0.4) is 0 Å². The number of carbonyl (C=O) groups is 1. The molecule has 3 aromatic carbocycles. The van der Waals surface area contributed by atoms with Crippen LogP contribution in [0.2, 0.25) is 0 Å². The molecule has 7 heteroatoms. The number of ether oxygens (including phenoxy) is 1. The molecule has 0 saturated heterocycles. The lowest BCUT2D eigenvalue weighted by Crippen LogP contribution is -2.27. The van der Waals surface area contributed by atoms with E-state index in [0.29, 0.717) is 11.0 Å². The molecule has 0 aliphatic carbocycles. The molecule has 1 amide bonds. The van der Waals surface area contributed by atoms with E-state index in [-0.39, 0.29) is 5.91 Å². The summed E-state index contributed by atoms with van der Waals surface area (Å²) >= 11 is 1.40. The van der Waals surface area contributed by atoms with E-state index < -0.39 is 5.25 Å². The first kappa shape index (κ1) is 22.6. The molecule has 4 aromatic rings. The Balaban J connectivity index is 1.82. The number of aryl methyl sites for hydroxylation is 1. The molecular formula is C26H26N4O2S. The molecule has 0 bridgehead atoms. The quantitative estimate of drug-likeness (QED) is 0.358. The molecule has 0 aliphatic heterocycles. The van der Waals surface area contributed by atoms with Gasteiger partial charge in [0, 0.05) is 25.3 Å². The second kappa shape index (κ2) is 9.92. The van der Waals surface area contributed by atoms with E-state index in [1.54, 1.807) is 26.1 Å². The van der Waals surface area contributed by atoms with Gasteiger partial charge in [-0.25, -0.2) is 0 Å². The van der Waals surface area contributed by atoms with Crippen LogP contribution in [0.15, 0.2) is 84.0 Å². The minimum Gasteiger partial charge on any atom is -0.497 e. The molecule has 1 atom stereocenters. The van der Waals surface area contributed by atoms with Gasteiger partial charge in [-0.1, -0.05) is 59.8 Å². The summed E-state index contributed by atoms with van der Waals surface area (Å²) in [6, 6.07) is 25.7. The lowest BCUT2D eigenvalue weighted by atomic mass is 10.1. The van der Waals surface area contributed by atoms with Crippen LogP contribution in [0, 0.1) is 6.92 Å². The summed E-state index contributed by atoms with van der Waals surface area (Å²) in [5.41, 5.74) is 3.93. The summed E-state index contributed by atoms with van der Waals surface area (Å²) < 4.78 is 7.30. The zero-order valence-electron chi connectivity index (χ0n) is 19.1. The van der Waals surface area contributed by atoms with E-state index in [1.807, 2.05) is 71.3 Å². The van der Waals surface area contributed by atoms with Crippen LogP contribution in [0.4, 0.5) is 0 Å². The van der Waals surface area contributed by atoms with Gasteiger partial charge in [-0.15, -0.1) is 10.2 Å². The summed E-state index contributed by atoms with van der Waals surface area (Å²) in [4.78, 5) is 14.7. The van der Waals surface area contributed by atoms with Crippen molar-refractivity contribution in [1.82, 2.24) is 19.7 Å². The Kier molecular flexibility index (Phi) is 6.79. The minimum atomic E-state index is -0.446. The molecule has 6 nitrogen and oxygen atoms in total. The third-order valence-electron chi connectivity index (χ3n) is 5.26. The number of benzene rings is 3. The van der Waals surface area contributed by atoms with Crippen molar-refractivity contribution in [3.63, 3.8) is 0 Å². The van der Waals surface area contributed by atoms with Gasteiger partial charge in [0.2, 0.25) is 5.91 Å². The molecule has 1 aromatic heterocycles. The second-order valence-electron chi connectivity index (χ2n) is 7.85. The first-order chi connectivity index (χ1) is 16.0. The summed E-state index contributed by atoms with van der Waals surface area (Å²) in [7, 11) is 5.18. The smallest absolute Gasteiger partial charge is 0.240 e. The third-order valence-corrected chi connectivity index (χ3v) is 6.45. The summed E-state index contributed by atoms with van der Waals surface area (Å²) in [6.07, 6.45) is 0. The van der Waals surface area contributed by atoms with Gasteiger partial charge < -0.3 is 9.64 Å². The van der Waals surface area contributed by atoms with E-state index in [2.05, 4.69) is 29.3 Å². The molecule has 0 aliphatic rings. The molecule has 33 heavy (non-hydrogen) atoms. The van der Waals surface area contributed by atoms with E-state index in [9.17, 15) is 4.79 Å². The Bertz CT molecular complexity index is 1220. The first-order valence-electron chi connectivity index (χ1n) is 10.6. The average Bonchev–Trinajstić information content (AvgIpc) is 3.26. The number of hydrogen-bond acceptors (Lipinski definition) is 5. The minimum absolute atomic E-state index is 0.00402. The van der Waals surface area contributed by atoms with Crippen LogP contribution in [0.5, 0.6) is 5.75 Å². The zero-order valence-corrected chi connectivity index (χ0v) is 19.9. The van der Waals surface area contributed by atoms with Crippen LogP contribution in [-0.4, -0.2) is 46.8 Å². The van der Waals surface area contributed by atoms with Crippen molar-refractivity contribution < 1.29 is 9.53 Å². The van der Waals surface area contributed by atoms with Gasteiger partial charge in [0.25, 0.3) is 0 Å². The fourth-order valence-electron chi connectivity index (χ4n) is 3.43. The van der Waals surface area contributed by atoms with Gasteiger partial charge in [-0.3, -0.25) is 9.36 Å². The fourth-order valence-corrected chi connectivity index (χ4v) is 4.63. The monoisotopic (exact) mass is 458 g/mol. The van der Waals surface area contributed by atoms with Gasteiger partial charge in [0.1, 0.15) is 11.0 Å². The predicted molar refractivity (Wildman–Crippen MR) is 132 cm³/mol. The lowest BCUT2D eigenvalue weighted by molar-refractivity contribution is -0.128. The Morgan fingerprint density at radius 2 is 1.61 bits per heavy atom. The number of amides is 1. The molecule has 168 valence electrons. The summed E-state index contributed by atoms with van der Waals surface area (Å²) in [5.74, 6) is 1.47. The van der Waals surface area contributed by atoms with Crippen molar-refractivity contribution in [3.05, 3.63) is 90.0 Å². The molecule has 4 rings (SSSR count). The maximum absolute atomic E-state index is 13.1. The van der Waals surface area contributed by atoms with E-state index in [1.165, 1.54) is 11.8 Å². The van der Waals surface area contributed by atoms with Gasteiger partial charge >= 0.3 is 0 Å². The molecule has 0 fully saturated rings. The van der Waals surface area contributed by atoms with Gasteiger partial charge in [0.15, 0.2) is 11.0 Å². The number of carbonyl (C=O) groups excluding carboxylic acids is 1. The highest BCUT2D eigenvalue weighted by atomic mass is 32.2. The van der Waals surface area contributed by atoms with E-state index in [0.717, 1.165) is 28.1 Å². The number of hydrogen-bond donors (Lipinski definition) is 0. The maximum atomic E-state index is 13.1.